The van der Waals surface area contributed by atoms with Crippen LogP contribution in [-0.2, 0) is 10.2 Å². The lowest BCUT2D eigenvalue weighted by molar-refractivity contribution is -0.130. The molecule has 1 atom stereocenters. The van der Waals surface area contributed by atoms with E-state index >= 15 is 0 Å². The molecule has 2 saturated heterocycles. The summed E-state index contributed by atoms with van der Waals surface area (Å²) < 4.78 is 1.88. The summed E-state index contributed by atoms with van der Waals surface area (Å²) in [5.74, 6) is 2.65. The second kappa shape index (κ2) is 7.55. The quantitative estimate of drug-likeness (QED) is 0.781. The number of fused-ring (bicyclic) bond motifs is 1. The number of anilines is 1. The van der Waals surface area contributed by atoms with Crippen LogP contribution in [0.3, 0.4) is 0 Å². The smallest absolute Gasteiger partial charge is 0.219 e. The summed E-state index contributed by atoms with van der Waals surface area (Å²) in [6, 6.07) is 4.57. The Kier molecular flexibility index (Phi) is 5.23. The van der Waals surface area contributed by atoms with E-state index in [1.54, 1.807) is 6.92 Å². The van der Waals surface area contributed by atoms with Gasteiger partial charge in [-0.15, -0.1) is 15.3 Å². The number of rotatable bonds is 4. The van der Waals surface area contributed by atoms with Crippen molar-refractivity contribution in [3.63, 3.8) is 0 Å². The molecule has 0 aromatic carbocycles. The minimum Gasteiger partial charge on any atom is -0.352 e. The van der Waals surface area contributed by atoms with Crippen molar-refractivity contribution in [2.24, 2.45) is 5.92 Å². The Hall–Kier alpha value is -2.22. The van der Waals surface area contributed by atoms with Crippen LogP contribution >= 0.6 is 0 Å². The molecule has 0 saturated carbocycles. The molecule has 8 nitrogen and oxygen atoms in total. The third kappa shape index (κ3) is 4.08. The fourth-order valence-electron chi connectivity index (χ4n) is 4.39. The van der Waals surface area contributed by atoms with Gasteiger partial charge in [0.15, 0.2) is 11.5 Å². The van der Waals surface area contributed by atoms with Gasteiger partial charge in [-0.2, -0.15) is 4.52 Å². The molecule has 4 heterocycles. The van der Waals surface area contributed by atoms with Crippen LogP contribution in [0.15, 0.2) is 12.1 Å². The molecule has 158 valence electrons. The van der Waals surface area contributed by atoms with Crippen molar-refractivity contribution in [1.29, 1.82) is 0 Å². The number of carbonyl (C=O) groups is 1. The van der Waals surface area contributed by atoms with Crippen molar-refractivity contribution in [3.8, 4) is 0 Å². The topological polar surface area (TPSA) is 69.9 Å². The molecule has 2 aliphatic heterocycles. The molecular weight excluding hydrogens is 366 g/mol. The van der Waals surface area contributed by atoms with Crippen molar-refractivity contribution in [2.75, 3.05) is 44.7 Å². The Morgan fingerprint density at radius 1 is 1.21 bits per heavy atom. The van der Waals surface area contributed by atoms with Gasteiger partial charge in [0.05, 0.1) is 0 Å². The molecule has 0 radical (unpaired) electrons. The van der Waals surface area contributed by atoms with Crippen molar-refractivity contribution in [3.05, 3.63) is 18.0 Å². The monoisotopic (exact) mass is 399 g/mol. The van der Waals surface area contributed by atoms with Crippen LogP contribution in [0.25, 0.3) is 5.65 Å². The number of aromatic nitrogens is 4. The number of carbonyl (C=O) groups excluding carboxylic acids is 1. The minimum absolute atomic E-state index is 0.101. The highest BCUT2D eigenvalue weighted by atomic mass is 16.2. The Morgan fingerprint density at radius 2 is 1.97 bits per heavy atom. The fraction of sp³-hybridized carbons (Fsp3) is 0.714. The first-order valence-corrected chi connectivity index (χ1v) is 10.7. The van der Waals surface area contributed by atoms with Gasteiger partial charge in [0.1, 0.15) is 5.82 Å². The Labute approximate surface area is 172 Å². The zero-order valence-corrected chi connectivity index (χ0v) is 18.3. The first-order valence-electron chi connectivity index (χ1n) is 10.7. The van der Waals surface area contributed by atoms with Gasteiger partial charge in [0.2, 0.25) is 5.91 Å². The van der Waals surface area contributed by atoms with Crippen LogP contribution in [0.5, 0.6) is 0 Å². The van der Waals surface area contributed by atoms with Gasteiger partial charge >= 0.3 is 0 Å². The molecule has 0 spiro atoms. The third-order valence-corrected chi connectivity index (χ3v) is 6.24. The van der Waals surface area contributed by atoms with Crippen molar-refractivity contribution >= 4 is 17.4 Å². The Bertz CT molecular complexity index is 881. The van der Waals surface area contributed by atoms with E-state index in [0.717, 1.165) is 56.4 Å². The first kappa shape index (κ1) is 20.1. The van der Waals surface area contributed by atoms with Gasteiger partial charge in [-0.05, 0) is 37.9 Å². The summed E-state index contributed by atoms with van der Waals surface area (Å²) >= 11 is 0. The lowest BCUT2D eigenvalue weighted by Gasteiger charge is -2.46. The number of piperidine rings is 1. The van der Waals surface area contributed by atoms with E-state index in [9.17, 15) is 4.79 Å². The highest BCUT2D eigenvalue weighted by molar-refractivity contribution is 5.73. The van der Waals surface area contributed by atoms with E-state index in [1.807, 2.05) is 21.5 Å². The first-order chi connectivity index (χ1) is 13.7. The van der Waals surface area contributed by atoms with Gasteiger partial charge in [0.25, 0.3) is 0 Å². The van der Waals surface area contributed by atoms with Crippen molar-refractivity contribution in [1.82, 2.24) is 29.6 Å². The third-order valence-electron chi connectivity index (χ3n) is 6.24. The molecule has 0 aliphatic carbocycles. The zero-order chi connectivity index (χ0) is 20.8. The highest BCUT2D eigenvalue weighted by Crippen LogP contribution is 2.26. The maximum absolute atomic E-state index is 11.7. The molecule has 0 N–H and O–H groups in total. The standard InChI is InChI=1S/C21H33N7O/c1-15(29)26-10-6-7-16(12-26)11-25(5)17-13-27(14-17)19-9-8-18-22-23-20(21(2,3)4)28(18)24-19/h8-9,16-17H,6-7,10-14H2,1-5H3. The Morgan fingerprint density at radius 3 is 2.66 bits per heavy atom. The molecule has 1 amide bonds. The van der Waals surface area contributed by atoms with E-state index in [1.165, 1.54) is 6.42 Å². The van der Waals surface area contributed by atoms with E-state index < -0.39 is 0 Å². The normalized spacial score (nSPS) is 21.1. The summed E-state index contributed by atoms with van der Waals surface area (Å²) in [6.07, 6.45) is 2.33. The molecule has 0 bridgehead atoms. The van der Waals surface area contributed by atoms with Gasteiger partial charge in [-0.1, -0.05) is 20.8 Å². The summed E-state index contributed by atoms with van der Waals surface area (Å²) in [5, 5.41) is 13.4. The van der Waals surface area contributed by atoms with Crippen LogP contribution in [0.1, 0.15) is 46.4 Å². The SMILES string of the molecule is CC(=O)N1CCCC(CN(C)C2CN(c3ccc4nnc(C(C)(C)C)n4n3)C2)C1. The molecule has 29 heavy (non-hydrogen) atoms. The number of likely N-dealkylation sites (tertiary alicyclic amines) is 1. The van der Waals surface area contributed by atoms with E-state index in [0.29, 0.717) is 12.0 Å². The molecule has 2 aromatic rings. The average Bonchev–Trinajstić information content (AvgIpc) is 3.04. The number of amides is 1. The second-order valence-electron chi connectivity index (χ2n) is 9.71. The largest absolute Gasteiger partial charge is 0.352 e. The number of nitrogens with zero attached hydrogens (tertiary/aromatic N) is 7. The van der Waals surface area contributed by atoms with Crippen molar-refractivity contribution in [2.45, 2.75) is 52.0 Å². The van der Waals surface area contributed by atoms with E-state index in [-0.39, 0.29) is 11.3 Å². The number of hydrogen-bond donors (Lipinski definition) is 0. The molecular formula is C21H33N7O. The second-order valence-corrected chi connectivity index (χ2v) is 9.71. The molecule has 8 heteroatoms. The maximum atomic E-state index is 11.7. The van der Waals surface area contributed by atoms with Crippen molar-refractivity contribution < 1.29 is 4.79 Å². The number of hydrogen-bond acceptors (Lipinski definition) is 6. The molecule has 1 unspecified atom stereocenters. The highest BCUT2D eigenvalue weighted by Gasteiger charge is 2.33. The average molecular weight is 400 g/mol. The maximum Gasteiger partial charge on any atom is 0.219 e. The van der Waals surface area contributed by atoms with Crippen LogP contribution in [0.2, 0.25) is 0 Å². The lowest BCUT2D eigenvalue weighted by atomic mass is 9.96. The number of likely N-dealkylation sites (N-methyl/N-ethyl adjacent to an activating group) is 1. The van der Waals surface area contributed by atoms with E-state index in [2.05, 4.69) is 47.8 Å². The summed E-state index contributed by atoms with van der Waals surface area (Å²) in [7, 11) is 2.21. The van der Waals surface area contributed by atoms with Crippen LogP contribution in [0, 0.1) is 5.92 Å². The van der Waals surface area contributed by atoms with Gasteiger partial charge in [0, 0.05) is 51.1 Å². The molecule has 2 aliphatic rings. The van der Waals surface area contributed by atoms with Gasteiger partial charge in [-0.25, -0.2) is 0 Å². The van der Waals surface area contributed by atoms with Crippen LogP contribution < -0.4 is 4.90 Å². The zero-order valence-electron chi connectivity index (χ0n) is 18.3. The fourth-order valence-corrected chi connectivity index (χ4v) is 4.39. The molecule has 2 aromatic heterocycles. The summed E-state index contributed by atoms with van der Waals surface area (Å²) in [4.78, 5) is 18.5. The molecule has 4 rings (SSSR count). The molecule has 2 fully saturated rings. The minimum atomic E-state index is -0.101. The summed E-state index contributed by atoms with van der Waals surface area (Å²) in [5.41, 5.74) is 0.691. The van der Waals surface area contributed by atoms with Crippen LogP contribution in [-0.4, -0.2) is 81.3 Å². The Balaban J connectivity index is 1.36. The van der Waals surface area contributed by atoms with E-state index in [4.69, 9.17) is 5.10 Å². The van der Waals surface area contributed by atoms with Gasteiger partial charge < -0.3 is 9.80 Å². The van der Waals surface area contributed by atoms with Gasteiger partial charge in [-0.3, -0.25) is 9.69 Å². The summed E-state index contributed by atoms with van der Waals surface area (Å²) in [6.45, 7) is 12.9. The van der Waals surface area contributed by atoms with Crippen LogP contribution in [0.4, 0.5) is 5.82 Å². The lowest BCUT2D eigenvalue weighted by Crippen LogP contribution is -2.60. The predicted molar refractivity (Wildman–Crippen MR) is 113 cm³/mol. The predicted octanol–water partition coefficient (Wildman–Crippen LogP) is 1.80.